The number of aromatic nitrogens is 3. The maximum atomic E-state index is 9.28. The molecule has 0 aliphatic heterocycles. The zero-order chi connectivity index (χ0) is 13.4. The summed E-state index contributed by atoms with van der Waals surface area (Å²) in [5.74, 6) is 2.08. The van der Waals surface area contributed by atoms with Crippen molar-refractivity contribution in [3.63, 3.8) is 0 Å². The Labute approximate surface area is 112 Å². The van der Waals surface area contributed by atoms with Crippen molar-refractivity contribution in [3.8, 4) is 5.75 Å². The van der Waals surface area contributed by atoms with Crippen LogP contribution in [0.2, 0.25) is 0 Å². The Bertz CT molecular complexity index is 572. The molecule has 0 bridgehead atoms. The molecule has 1 aromatic carbocycles. The number of rotatable bonds is 4. The summed E-state index contributed by atoms with van der Waals surface area (Å²) in [6.45, 7) is 1.97. The zero-order valence-electron chi connectivity index (χ0n) is 11.0. The number of phenols is 1. The fraction of sp³-hybridized carbons (Fsp3) is 0.429. The van der Waals surface area contributed by atoms with Crippen LogP contribution in [0.3, 0.4) is 0 Å². The topological polar surface area (TPSA) is 77.0 Å². The largest absolute Gasteiger partial charge is 0.508 e. The van der Waals surface area contributed by atoms with E-state index >= 15 is 0 Å². The molecule has 1 aliphatic rings. The summed E-state index contributed by atoms with van der Waals surface area (Å²) >= 11 is 0. The molecule has 0 radical (unpaired) electrons. The van der Waals surface area contributed by atoms with Gasteiger partial charge in [0.15, 0.2) is 5.82 Å². The van der Waals surface area contributed by atoms with E-state index < -0.39 is 0 Å². The molecule has 3 N–H and O–H groups in total. The van der Waals surface area contributed by atoms with Crippen LogP contribution in [0.4, 0.5) is 0 Å². The Kier molecular flexibility index (Phi) is 2.98. The van der Waals surface area contributed by atoms with Crippen LogP contribution >= 0.6 is 0 Å². The standard InChI is InChI=1S/C14H18N4O/c1-9-16-17-14(18(9)11-4-5-11)13(15)8-10-2-6-12(19)7-3-10/h2-3,6-7,11,13,19H,4-5,8,15H2,1H3. The lowest BCUT2D eigenvalue weighted by molar-refractivity contribution is 0.475. The lowest BCUT2D eigenvalue weighted by Gasteiger charge is -2.13. The van der Waals surface area contributed by atoms with Crippen LogP contribution in [0.25, 0.3) is 0 Å². The predicted octanol–water partition coefficient (Wildman–Crippen LogP) is 1.87. The van der Waals surface area contributed by atoms with Crippen LogP contribution in [0, 0.1) is 6.92 Å². The number of aryl methyl sites for hydroxylation is 1. The molecule has 1 fully saturated rings. The highest BCUT2D eigenvalue weighted by Crippen LogP contribution is 2.37. The first-order valence-electron chi connectivity index (χ1n) is 6.60. The van der Waals surface area contributed by atoms with Crippen molar-refractivity contribution < 1.29 is 5.11 Å². The normalized spacial score (nSPS) is 16.5. The minimum atomic E-state index is -0.161. The fourth-order valence-corrected chi connectivity index (χ4v) is 2.40. The fourth-order valence-electron chi connectivity index (χ4n) is 2.40. The molecule has 1 heterocycles. The Morgan fingerprint density at radius 2 is 2.00 bits per heavy atom. The number of hydrogen-bond donors (Lipinski definition) is 2. The molecule has 100 valence electrons. The average molecular weight is 258 g/mol. The third kappa shape index (κ3) is 2.46. The minimum absolute atomic E-state index is 0.161. The van der Waals surface area contributed by atoms with Crippen molar-refractivity contribution >= 4 is 0 Å². The molecule has 5 nitrogen and oxygen atoms in total. The Morgan fingerprint density at radius 3 is 2.63 bits per heavy atom. The smallest absolute Gasteiger partial charge is 0.150 e. The van der Waals surface area contributed by atoms with E-state index in [0.717, 1.165) is 17.2 Å². The molecule has 1 saturated carbocycles. The van der Waals surface area contributed by atoms with E-state index in [1.54, 1.807) is 12.1 Å². The van der Waals surface area contributed by atoms with Crippen LogP contribution in [-0.4, -0.2) is 19.9 Å². The van der Waals surface area contributed by atoms with Gasteiger partial charge in [0.2, 0.25) is 0 Å². The molecule has 3 rings (SSSR count). The lowest BCUT2D eigenvalue weighted by Crippen LogP contribution is -2.19. The molecule has 1 atom stereocenters. The van der Waals surface area contributed by atoms with E-state index in [2.05, 4.69) is 14.8 Å². The van der Waals surface area contributed by atoms with Crippen LogP contribution in [-0.2, 0) is 6.42 Å². The molecule has 0 spiro atoms. The van der Waals surface area contributed by atoms with Gasteiger partial charge in [-0.15, -0.1) is 10.2 Å². The monoisotopic (exact) mass is 258 g/mol. The van der Waals surface area contributed by atoms with Gasteiger partial charge < -0.3 is 15.4 Å². The SMILES string of the molecule is Cc1nnc(C(N)Cc2ccc(O)cc2)n1C1CC1. The van der Waals surface area contributed by atoms with Crippen molar-refractivity contribution in [3.05, 3.63) is 41.5 Å². The van der Waals surface area contributed by atoms with Crippen molar-refractivity contribution in [1.82, 2.24) is 14.8 Å². The highest BCUT2D eigenvalue weighted by molar-refractivity contribution is 5.27. The van der Waals surface area contributed by atoms with Gasteiger partial charge in [0.1, 0.15) is 11.6 Å². The van der Waals surface area contributed by atoms with E-state index in [9.17, 15) is 5.11 Å². The third-order valence-electron chi connectivity index (χ3n) is 3.53. The molecule has 5 heteroatoms. The van der Waals surface area contributed by atoms with Gasteiger partial charge >= 0.3 is 0 Å². The maximum Gasteiger partial charge on any atom is 0.150 e. The second-order valence-corrected chi connectivity index (χ2v) is 5.18. The van der Waals surface area contributed by atoms with Crippen LogP contribution in [0.5, 0.6) is 5.75 Å². The first-order chi connectivity index (χ1) is 9.15. The summed E-state index contributed by atoms with van der Waals surface area (Å²) in [5, 5.41) is 17.7. The van der Waals surface area contributed by atoms with Gasteiger partial charge in [-0.25, -0.2) is 0 Å². The summed E-state index contributed by atoms with van der Waals surface area (Å²) in [7, 11) is 0. The van der Waals surface area contributed by atoms with Gasteiger partial charge in [-0.3, -0.25) is 0 Å². The minimum Gasteiger partial charge on any atom is -0.508 e. The van der Waals surface area contributed by atoms with Gasteiger partial charge in [0, 0.05) is 6.04 Å². The van der Waals surface area contributed by atoms with Crippen molar-refractivity contribution in [2.45, 2.75) is 38.3 Å². The first-order valence-corrected chi connectivity index (χ1v) is 6.60. The van der Waals surface area contributed by atoms with E-state index in [4.69, 9.17) is 5.73 Å². The van der Waals surface area contributed by atoms with Gasteiger partial charge in [0.05, 0.1) is 6.04 Å². The Balaban J connectivity index is 1.80. The second-order valence-electron chi connectivity index (χ2n) is 5.18. The highest BCUT2D eigenvalue weighted by Gasteiger charge is 2.30. The molecule has 0 amide bonds. The van der Waals surface area contributed by atoms with Crippen molar-refractivity contribution in [2.75, 3.05) is 0 Å². The number of nitrogens with zero attached hydrogens (tertiary/aromatic N) is 3. The van der Waals surface area contributed by atoms with Gasteiger partial charge in [0.25, 0.3) is 0 Å². The van der Waals surface area contributed by atoms with Crippen molar-refractivity contribution in [1.29, 1.82) is 0 Å². The number of benzene rings is 1. The van der Waals surface area contributed by atoms with Crippen molar-refractivity contribution in [2.24, 2.45) is 5.73 Å². The Hall–Kier alpha value is -1.88. The number of aromatic hydroxyl groups is 1. The molecule has 1 aromatic heterocycles. The van der Waals surface area contributed by atoms with Gasteiger partial charge in [-0.1, -0.05) is 12.1 Å². The van der Waals surface area contributed by atoms with Crippen LogP contribution in [0.15, 0.2) is 24.3 Å². The molecule has 2 aromatic rings. The molecule has 1 aliphatic carbocycles. The van der Waals surface area contributed by atoms with Crippen LogP contribution < -0.4 is 5.73 Å². The summed E-state index contributed by atoms with van der Waals surface area (Å²) < 4.78 is 2.17. The summed E-state index contributed by atoms with van der Waals surface area (Å²) in [5.41, 5.74) is 7.35. The van der Waals surface area contributed by atoms with Crippen LogP contribution in [0.1, 0.15) is 42.1 Å². The second kappa shape index (κ2) is 4.66. The predicted molar refractivity (Wildman–Crippen MR) is 71.8 cm³/mol. The lowest BCUT2D eigenvalue weighted by atomic mass is 10.1. The number of hydrogen-bond acceptors (Lipinski definition) is 4. The first kappa shape index (κ1) is 12.2. The maximum absolute atomic E-state index is 9.28. The van der Waals surface area contributed by atoms with E-state index in [-0.39, 0.29) is 11.8 Å². The quantitative estimate of drug-likeness (QED) is 0.877. The van der Waals surface area contributed by atoms with E-state index in [1.807, 2.05) is 19.1 Å². The van der Waals surface area contributed by atoms with Gasteiger partial charge in [-0.2, -0.15) is 0 Å². The molecule has 1 unspecified atom stereocenters. The Morgan fingerprint density at radius 1 is 1.32 bits per heavy atom. The molecule has 0 saturated heterocycles. The number of nitrogens with two attached hydrogens (primary N) is 1. The highest BCUT2D eigenvalue weighted by atomic mass is 16.3. The third-order valence-corrected chi connectivity index (χ3v) is 3.53. The molecular formula is C14H18N4O. The average Bonchev–Trinajstić information content (AvgIpc) is 3.15. The summed E-state index contributed by atoms with van der Waals surface area (Å²) in [4.78, 5) is 0. The molecule has 19 heavy (non-hydrogen) atoms. The number of phenolic OH excluding ortho intramolecular Hbond substituents is 1. The van der Waals surface area contributed by atoms with E-state index in [0.29, 0.717) is 12.5 Å². The molecular weight excluding hydrogens is 240 g/mol. The summed E-state index contributed by atoms with van der Waals surface area (Å²) in [6.07, 6.45) is 3.08. The van der Waals surface area contributed by atoms with Gasteiger partial charge in [-0.05, 0) is 43.9 Å². The zero-order valence-corrected chi connectivity index (χ0v) is 11.0. The summed E-state index contributed by atoms with van der Waals surface area (Å²) in [6, 6.07) is 7.51. The van der Waals surface area contributed by atoms with E-state index in [1.165, 1.54) is 12.8 Å².